The first-order valence-corrected chi connectivity index (χ1v) is 18.6. The number of hydrogen-bond acceptors (Lipinski definition) is 5. The van der Waals surface area contributed by atoms with Gasteiger partial charge in [-0.2, -0.15) is 0 Å². The van der Waals surface area contributed by atoms with E-state index >= 15 is 0 Å². The fraction of sp³-hybridized carbons (Fsp3) is 0.842. The molecular formula is C38H70O5. The van der Waals surface area contributed by atoms with Crippen molar-refractivity contribution < 1.29 is 24.4 Å². The van der Waals surface area contributed by atoms with Crippen molar-refractivity contribution in [1.82, 2.24) is 0 Å². The molecule has 0 aliphatic rings. The van der Waals surface area contributed by atoms with E-state index in [4.69, 9.17) is 14.2 Å². The van der Waals surface area contributed by atoms with E-state index in [9.17, 15) is 10.2 Å². The summed E-state index contributed by atoms with van der Waals surface area (Å²) in [5.41, 5.74) is 0.659. The highest BCUT2D eigenvalue weighted by Crippen LogP contribution is 2.53. The van der Waals surface area contributed by atoms with E-state index in [1.165, 1.54) is 96.3 Å². The summed E-state index contributed by atoms with van der Waals surface area (Å²) in [6.45, 7) is 10.5. The van der Waals surface area contributed by atoms with Crippen molar-refractivity contribution >= 4 is 0 Å². The molecule has 5 nitrogen and oxygen atoms in total. The summed E-state index contributed by atoms with van der Waals surface area (Å²) >= 11 is 0. The van der Waals surface area contributed by atoms with Crippen LogP contribution in [0.3, 0.4) is 0 Å². The molecule has 0 saturated carbocycles. The van der Waals surface area contributed by atoms with Crippen molar-refractivity contribution in [3.05, 3.63) is 5.56 Å². The zero-order valence-corrected chi connectivity index (χ0v) is 28.9. The van der Waals surface area contributed by atoms with Gasteiger partial charge in [0.1, 0.15) is 0 Å². The summed E-state index contributed by atoms with van der Waals surface area (Å²) in [5, 5.41) is 22.3. The lowest BCUT2D eigenvalue weighted by Crippen LogP contribution is -2.09. The molecule has 0 unspecified atom stereocenters. The molecule has 0 heterocycles. The van der Waals surface area contributed by atoms with Crippen LogP contribution in [0.5, 0.6) is 28.7 Å². The normalized spacial score (nSPS) is 11.3. The third-order valence-electron chi connectivity index (χ3n) is 8.42. The molecular weight excluding hydrogens is 536 g/mol. The second kappa shape index (κ2) is 27.7. The van der Waals surface area contributed by atoms with E-state index in [1.807, 2.05) is 0 Å². The third-order valence-corrected chi connectivity index (χ3v) is 8.42. The number of rotatable bonds is 31. The van der Waals surface area contributed by atoms with Crippen LogP contribution in [0.2, 0.25) is 0 Å². The maximum Gasteiger partial charge on any atom is 0.211 e. The Morgan fingerprint density at radius 2 is 0.674 bits per heavy atom. The zero-order chi connectivity index (χ0) is 31.4. The Labute approximate surface area is 266 Å². The van der Waals surface area contributed by atoms with Gasteiger partial charge in [-0.1, -0.05) is 156 Å². The largest absolute Gasteiger partial charge is 0.504 e. The fourth-order valence-corrected chi connectivity index (χ4v) is 5.61. The van der Waals surface area contributed by atoms with Crippen molar-refractivity contribution in [2.75, 3.05) is 19.8 Å². The van der Waals surface area contributed by atoms with E-state index in [2.05, 4.69) is 27.7 Å². The van der Waals surface area contributed by atoms with Crippen LogP contribution in [0.1, 0.15) is 187 Å². The van der Waals surface area contributed by atoms with Crippen molar-refractivity contribution in [3.8, 4) is 28.7 Å². The lowest BCUT2D eigenvalue weighted by molar-refractivity contribution is 0.222. The minimum atomic E-state index is -0.202. The smallest absolute Gasteiger partial charge is 0.211 e. The highest BCUT2D eigenvalue weighted by Gasteiger charge is 2.27. The molecule has 0 atom stereocenters. The van der Waals surface area contributed by atoms with Crippen LogP contribution in [-0.4, -0.2) is 30.0 Å². The van der Waals surface area contributed by atoms with Crippen LogP contribution in [0, 0.1) is 0 Å². The molecule has 0 aromatic heterocycles. The second-order valence-electron chi connectivity index (χ2n) is 12.5. The Balaban J connectivity index is 3.02. The van der Waals surface area contributed by atoms with Crippen molar-refractivity contribution in [2.24, 2.45) is 0 Å². The van der Waals surface area contributed by atoms with E-state index in [0.717, 1.165) is 57.8 Å². The minimum Gasteiger partial charge on any atom is -0.504 e. The Kier molecular flexibility index (Phi) is 25.3. The molecule has 0 fully saturated rings. The third kappa shape index (κ3) is 17.9. The first-order chi connectivity index (χ1) is 21.1. The molecule has 0 bridgehead atoms. The maximum absolute atomic E-state index is 11.2. The van der Waals surface area contributed by atoms with Crippen molar-refractivity contribution in [1.29, 1.82) is 0 Å². The first-order valence-electron chi connectivity index (χ1n) is 18.6. The molecule has 1 aromatic carbocycles. The summed E-state index contributed by atoms with van der Waals surface area (Å²) in [4.78, 5) is 0. The highest BCUT2D eigenvalue weighted by molar-refractivity contribution is 5.69. The number of phenolic OH excluding ortho intramolecular Hbond substituents is 2. The Hall–Kier alpha value is -1.78. The molecule has 2 N–H and O–H groups in total. The summed E-state index contributed by atoms with van der Waals surface area (Å²) in [6.07, 6.45) is 29.0. The number of benzene rings is 1. The average molecular weight is 607 g/mol. The van der Waals surface area contributed by atoms with Gasteiger partial charge in [0.05, 0.1) is 19.8 Å². The zero-order valence-electron chi connectivity index (χ0n) is 28.9. The molecule has 5 heteroatoms. The average Bonchev–Trinajstić information content (AvgIpc) is 3.01. The van der Waals surface area contributed by atoms with Gasteiger partial charge >= 0.3 is 0 Å². The molecule has 0 amide bonds. The fourth-order valence-electron chi connectivity index (χ4n) is 5.61. The van der Waals surface area contributed by atoms with Gasteiger partial charge in [0.25, 0.3) is 0 Å². The second-order valence-corrected chi connectivity index (χ2v) is 12.5. The van der Waals surface area contributed by atoms with Gasteiger partial charge in [-0.3, -0.25) is 0 Å². The summed E-state index contributed by atoms with van der Waals surface area (Å²) in [6, 6.07) is 0. The molecule has 0 aliphatic heterocycles. The number of aromatic hydroxyl groups is 2. The minimum absolute atomic E-state index is 0.108. The highest BCUT2D eigenvalue weighted by atomic mass is 16.5. The van der Waals surface area contributed by atoms with Crippen LogP contribution in [0.25, 0.3) is 0 Å². The molecule has 0 spiro atoms. The predicted octanol–water partition coefficient (Wildman–Crippen LogP) is 12.2. The molecule has 1 rings (SSSR count). The monoisotopic (exact) mass is 607 g/mol. The number of ether oxygens (including phenoxy) is 3. The van der Waals surface area contributed by atoms with Gasteiger partial charge in [0.2, 0.25) is 17.2 Å². The summed E-state index contributed by atoms with van der Waals surface area (Å²) in [7, 11) is 0. The van der Waals surface area contributed by atoms with Gasteiger partial charge in [-0.15, -0.1) is 0 Å². The van der Waals surface area contributed by atoms with Crippen LogP contribution in [0.4, 0.5) is 0 Å². The lowest BCUT2D eigenvalue weighted by atomic mass is 10.0. The number of unbranched alkanes of at least 4 members (excludes halogenated alkanes) is 20. The molecule has 1 aromatic rings. The van der Waals surface area contributed by atoms with E-state index < -0.39 is 0 Å². The standard InChI is InChI=1S/C38H70O5/c1-5-9-13-16-19-22-26-30-41-36-33(29-25-12-8-4)34(39)35(40)37(42-31-27-23-20-17-14-10-6-2)38(36)43-32-28-24-21-18-15-11-7-3/h39-40H,5-32H2,1-4H3. The van der Waals surface area contributed by atoms with E-state index in [-0.39, 0.29) is 17.2 Å². The predicted molar refractivity (Wildman–Crippen MR) is 183 cm³/mol. The molecule has 252 valence electrons. The Morgan fingerprint density at radius 1 is 0.349 bits per heavy atom. The Morgan fingerprint density at radius 3 is 1.09 bits per heavy atom. The van der Waals surface area contributed by atoms with Crippen LogP contribution < -0.4 is 14.2 Å². The van der Waals surface area contributed by atoms with Crippen molar-refractivity contribution in [3.63, 3.8) is 0 Å². The van der Waals surface area contributed by atoms with Gasteiger partial charge in [0.15, 0.2) is 11.5 Å². The van der Waals surface area contributed by atoms with Gasteiger partial charge < -0.3 is 24.4 Å². The Bertz CT molecular complexity index is 778. The SMILES string of the molecule is CCCCCCCCCOc1c(O)c(O)c(CCCCC)c(OCCCCCCCCC)c1OCCCCCCCCC. The molecule has 0 aliphatic carbocycles. The van der Waals surface area contributed by atoms with Crippen LogP contribution in [0.15, 0.2) is 0 Å². The summed E-state index contributed by atoms with van der Waals surface area (Å²) < 4.78 is 19.0. The van der Waals surface area contributed by atoms with Crippen LogP contribution >= 0.6 is 0 Å². The molecule has 43 heavy (non-hydrogen) atoms. The summed E-state index contributed by atoms with van der Waals surface area (Å²) in [5.74, 6) is 1.00. The quantitative estimate of drug-likeness (QED) is 0.0650. The lowest BCUT2D eigenvalue weighted by Gasteiger charge is -2.22. The van der Waals surface area contributed by atoms with Crippen molar-refractivity contribution in [2.45, 2.75) is 188 Å². The number of hydrogen-bond donors (Lipinski definition) is 2. The van der Waals surface area contributed by atoms with Gasteiger partial charge in [-0.05, 0) is 32.1 Å². The van der Waals surface area contributed by atoms with E-state index in [0.29, 0.717) is 43.3 Å². The topological polar surface area (TPSA) is 68.2 Å². The van der Waals surface area contributed by atoms with Gasteiger partial charge in [-0.25, -0.2) is 0 Å². The molecule has 0 saturated heterocycles. The van der Waals surface area contributed by atoms with Gasteiger partial charge in [0, 0.05) is 5.56 Å². The maximum atomic E-state index is 11.2. The number of phenols is 2. The van der Waals surface area contributed by atoms with E-state index in [1.54, 1.807) is 0 Å². The van der Waals surface area contributed by atoms with Crippen LogP contribution in [-0.2, 0) is 6.42 Å². The molecule has 0 radical (unpaired) electrons. The first kappa shape index (κ1) is 39.2.